The smallest absolute Gasteiger partial charge is 0.271 e. The van der Waals surface area contributed by atoms with Crippen LogP contribution in [0.25, 0.3) is 0 Å². The number of carbonyl (C=O) groups is 2. The van der Waals surface area contributed by atoms with E-state index in [0.29, 0.717) is 5.69 Å². The minimum atomic E-state index is -0.775. The SMILES string of the molecule is Cc1ccc(NC(=O)CSC(C)C(=O)Nc2cc([N+](=O)[O-])ccc2F)cc1. The molecule has 2 amide bonds. The third kappa shape index (κ3) is 6.07. The van der Waals surface area contributed by atoms with Gasteiger partial charge in [-0.25, -0.2) is 4.39 Å². The monoisotopic (exact) mass is 391 g/mol. The van der Waals surface area contributed by atoms with Crippen molar-refractivity contribution in [3.63, 3.8) is 0 Å². The van der Waals surface area contributed by atoms with Crippen LogP contribution in [0.2, 0.25) is 0 Å². The van der Waals surface area contributed by atoms with Crippen LogP contribution in [0.4, 0.5) is 21.5 Å². The van der Waals surface area contributed by atoms with Crippen LogP contribution in [-0.2, 0) is 9.59 Å². The molecule has 142 valence electrons. The van der Waals surface area contributed by atoms with Crippen molar-refractivity contribution >= 4 is 40.6 Å². The van der Waals surface area contributed by atoms with Crippen LogP contribution in [0.1, 0.15) is 12.5 Å². The van der Waals surface area contributed by atoms with E-state index in [1.54, 1.807) is 19.1 Å². The molecule has 0 radical (unpaired) electrons. The van der Waals surface area contributed by atoms with E-state index in [-0.39, 0.29) is 23.0 Å². The van der Waals surface area contributed by atoms with Gasteiger partial charge in [-0.2, -0.15) is 0 Å². The van der Waals surface area contributed by atoms with Gasteiger partial charge in [-0.3, -0.25) is 19.7 Å². The predicted molar refractivity (Wildman–Crippen MR) is 103 cm³/mol. The van der Waals surface area contributed by atoms with Crippen LogP contribution < -0.4 is 10.6 Å². The number of rotatable bonds is 7. The summed E-state index contributed by atoms with van der Waals surface area (Å²) in [6.07, 6.45) is 0. The van der Waals surface area contributed by atoms with E-state index in [2.05, 4.69) is 10.6 Å². The summed E-state index contributed by atoms with van der Waals surface area (Å²) in [6.45, 7) is 3.50. The van der Waals surface area contributed by atoms with Crippen molar-refractivity contribution in [2.45, 2.75) is 19.1 Å². The number of benzene rings is 2. The van der Waals surface area contributed by atoms with Crippen molar-refractivity contribution in [3.8, 4) is 0 Å². The maximum absolute atomic E-state index is 13.7. The lowest BCUT2D eigenvalue weighted by molar-refractivity contribution is -0.384. The molecule has 27 heavy (non-hydrogen) atoms. The average molecular weight is 391 g/mol. The van der Waals surface area contributed by atoms with Crippen molar-refractivity contribution in [2.75, 3.05) is 16.4 Å². The third-order valence-corrected chi connectivity index (χ3v) is 4.73. The Morgan fingerprint density at radius 1 is 1.19 bits per heavy atom. The zero-order chi connectivity index (χ0) is 20.0. The van der Waals surface area contributed by atoms with Crippen molar-refractivity contribution in [2.24, 2.45) is 0 Å². The van der Waals surface area contributed by atoms with Gasteiger partial charge < -0.3 is 10.6 Å². The summed E-state index contributed by atoms with van der Waals surface area (Å²) in [4.78, 5) is 34.2. The van der Waals surface area contributed by atoms with E-state index in [1.165, 1.54) is 0 Å². The Kier molecular flexibility index (Phi) is 6.89. The van der Waals surface area contributed by atoms with Crippen LogP contribution in [0.3, 0.4) is 0 Å². The first kappa shape index (κ1) is 20.4. The largest absolute Gasteiger partial charge is 0.325 e. The van der Waals surface area contributed by atoms with Crippen LogP contribution in [0.5, 0.6) is 0 Å². The third-order valence-electron chi connectivity index (χ3n) is 3.59. The highest BCUT2D eigenvalue weighted by atomic mass is 32.2. The first-order chi connectivity index (χ1) is 12.8. The molecule has 0 aliphatic carbocycles. The Morgan fingerprint density at radius 3 is 2.48 bits per heavy atom. The second-order valence-corrected chi connectivity index (χ2v) is 7.11. The van der Waals surface area contributed by atoms with E-state index in [4.69, 9.17) is 0 Å². The van der Waals surface area contributed by atoms with Crippen molar-refractivity contribution in [1.82, 2.24) is 0 Å². The summed E-state index contributed by atoms with van der Waals surface area (Å²) in [5.74, 6) is -1.57. The number of halogens is 1. The van der Waals surface area contributed by atoms with E-state index in [0.717, 1.165) is 35.5 Å². The fraction of sp³-hybridized carbons (Fsp3) is 0.222. The van der Waals surface area contributed by atoms with Crippen molar-refractivity contribution in [3.05, 3.63) is 64.0 Å². The lowest BCUT2D eigenvalue weighted by atomic mass is 10.2. The Morgan fingerprint density at radius 2 is 1.85 bits per heavy atom. The van der Waals surface area contributed by atoms with E-state index < -0.39 is 21.9 Å². The number of nitro benzene ring substituents is 1. The van der Waals surface area contributed by atoms with Gasteiger partial charge in [0.05, 0.1) is 21.6 Å². The number of hydrogen-bond acceptors (Lipinski definition) is 5. The predicted octanol–water partition coefficient (Wildman–Crippen LogP) is 3.74. The number of carbonyl (C=O) groups excluding carboxylic acids is 2. The Balaban J connectivity index is 1.88. The van der Waals surface area contributed by atoms with Crippen LogP contribution in [0.15, 0.2) is 42.5 Å². The zero-order valence-corrected chi connectivity index (χ0v) is 15.5. The number of nitrogens with one attached hydrogen (secondary N) is 2. The summed E-state index contributed by atoms with van der Waals surface area (Å²) in [5.41, 5.74) is 1.12. The molecule has 0 saturated carbocycles. The minimum absolute atomic E-state index is 0.0277. The Bertz CT molecular complexity index is 858. The van der Waals surface area contributed by atoms with E-state index in [9.17, 15) is 24.1 Å². The minimum Gasteiger partial charge on any atom is -0.325 e. The summed E-state index contributed by atoms with van der Waals surface area (Å²) >= 11 is 1.07. The number of nitrogens with zero attached hydrogens (tertiary/aromatic N) is 1. The Hall–Kier alpha value is -2.94. The molecule has 0 aliphatic rings. The van der Waals surface area contributed by atoms with Gasteiger partial charge in [-0.15, -0.1) is 11.8 Å². The fourth-order valence-corrected chi connectivity index (χ4v) is 2.75. The second kappa shape index (κ2) is 9.13. The molecule has 2 N–H and O–H groups in total. The molecule has 2 aromatic rings. The molecule has 0 aliphatic heterocycles. The quantitative estimate of drug-likeness (QED) is 0.553. The molecule has 9 heteroatoms. The van der Waals surface area contributed by atoms with E-state index >= 15 is 0 Å². The van der Waals surface area contributed by atoms with Crippen LogP contribution in [0, 0.1) is 22.9 Å². The van der Waals surface area contributed by atoms with Crippen LogP contribution >= 0.6 is 11.8 Å². The normalized spacial score (nSPS) is 11.5. The topological polar surface area (TPSA) is 101 Å². The molecule has 0 spiro atoms. The number of anilines is 2. The molecule has 1 atom stereocenters. The number of hydrogen-bond donors (Lipinski definition) is 2. The molecule has 0 heterocycles. The second-order valence-electron chi connectivity index (χ2n) is 5.78. The average Bonchev–Trinajstić information content (AvgIpc) is 2.63. The number of thioether (sulfide) groups is 1. The highest BCUT2D eigenvalue weighted by molar-refractivity contribution is 8.01. The maximum Gasteiger partial charge on any atom is 0.271 e. The number of amides is 2. The van der Waals surface area contributed by atoms with Crippen molar-refractivity contribution in [1.29, 1.82) is 0 Å². The van der Waals surface area contributed by atoms with Crippen molar-refractivity contribution < 1.29 is 18.9 Å². The first-order valence-corrected chi connectivity index (χ1v) is 9.04. The van der Waals surface area contributed by atoms with E-state index in [1.807, 2.05) is 19.1 Å². The van der Waals surface area contributed by atoms with Gasteiger partial charge in [-0.05, 0) is 32.0 Å². The molecular weight excluding hydrogens is 373 g/mol. The molecule has 2 rings (SSSR count). The van der Waals surface area contributed by atoms with Gasteiger partial charge in [0, 0.05) is 17.8 Å². The van der Waals surface area contributed by atoms with Gasteiger partial charge in [0.15, 0.2) is 0 Å². The molecule has 0 bridgehead atoms. The highest BCUT2D eigenvalue weighted by Gasteiger charge is 2.18. The number of aryl methyl sites for hydroxylation is 1. The number of non-ortho nitro benzene ring substituents is 1. The lowest BCUT2D eigenvalue weighted by Gasteiger charge is -2.12. The standard InChI is InChI=1S/C18H18FN3O4S/c1-11-3-5-13(6-4-11)20-17(23)10-27-12(2)18(24)21-16-9-14(22(25)26)7-8-15(16)19/h3-9,12H,10H2,1-2H3,(H,20,23)(H,21,24). The molecule has 7 nitrogen and oxygen atoms in total. The fourth-order valence-electron chi connectivity index (χ4n) is 2.07. The van der Waals surface area contributed by atoms with Gasteiger partial charge in [-0.1, -0.05) is 17.7 Å². The van der Waals surface area contributed by atoms with Gasteiger partial charge >= 0.3 is 0 Å². The van der Waals surface area contributed by atoms with Gasteiger partial charge in [0.2, 0.25) is 11.8 Å². The summed E-state index contributed by atoms with van der Waals surface area (Å²) in [7, 11) is 0. The molecular formula is C18H18FN3O4S. The zero-order valence-electron chi connectivity index (χ0n) is 14.7. The summed E-state index contributed by atoms with van der Waals surface area (Å²) < 4.78 is 13.7. The summed E-state index contributed by atoms with van der Waals surface area (Å²) in [5, 5.41) is 15.1. The molecule has 1 unspecified atom stereocenters. The van der Waals surface area contributed by atoms with Crippen LogP contribution in [-0.4, -0.2) is 27.7 Å². The summed E-state index contributed by atoms with van der Waals surface area (Å²) in [6, 6.07) is 10.2. The van der Waals surface area contributed by atoms with Gasteiger partial charge in [0.1, 0.15) is 5.82 Å². The lowest BCUT2D eigenvalue weighted by Crippen LogP contribution is -2.25. The van der Waals surface area contributed by atoms with Gasteiger partial charge in [0.25, 0.3) is 5.69 Å². The first-order valence-electron chi connectivity index (χ1n) is 7.99. The molecule has 0 fully saturated rings. The highest BCUT2D eigenvalue weighted by Crippen LogP contribution is 2.22. The maximum atomic E-state index is 13.7. The molecule has 2 aromatic carbocycles. The molecule has 0 aromatic heterocycles. The number of nitro groups is 1. The Labute approximate surface area is 159 Å². The molecule has 0 saturated heterocycles.